The molecule has 0 amide bonds. The van der Waals surface area contributed by atoms with E-state index in [0.29, 0.717) is 31.6 Å². The molecule has 196 valence electrons. The largest absolute Gasteiger partial charge is 0.466 e. The molecule has 5 heteroatoms. The molecule has 4 aromatic rings. The van der Waals surface area contributed by atoms with E-state index in [1.54, 1.807) is 0 Å². The van der Waals surface area contributed by atoms with Crippen LogP contribution in [0.3, 0.4) is 0 Å². The van der Waals surface area contributed by atoms with E-state index in [9.17, 15) is 9.59 Å². The van der Waals surface area contributed by atoms with Crippen LogP contribution in [0, 0.1) is 0 Å². The van der Waals surface area contributed by atoms with Gasteiger partial charge in [0, 0.05) is 48.2 Å². The molecule has 5 nitrogen and oxygen atoms in total. The molecule has 0 saturated carbocycles. The van der Waals surface area contributed by atoms with E-state index in [1.807, 2.05) is 62.5 Å². The van der Waals surface area contributed by atoms with Crippen LogP contribution in [0.5, 0.6) is 0 Å². The van der Waals surface area contributed by atoms with Crippen molar-refractivity contribution < 1.29 is 14.3 Å². The molecule has 0 aliphatic carbocycles. The van der Waals surface area contributed by atoms with Crippen molar-refractivity contribution in [2.24, 2.45) is 7.05 Å². The number of ketones is 1. The van der Waals surface area contributed by atoms with Crippen LogP contribution in [-0.4, -0.2) is 22.9 Å². The third kappa shape index (κ3) is 6.60. The van der Waals surface area contributed by atoms with Crippen molar-refractivity contribution in [3.63, 3.8) is 0 Å². The SMILES string of the molecule is CCOC(=O)CCCc1cc(C(=O)c2ccc(NCc3ccc(-c4ccccc4)cc3)cc2)c(CC)n1C. The molecule has 1 heterocycles. The third-order valence-corrected chi connectivity index (χ3v) is 6.86. The molecule has 0 aliphatic heterocycles. The highest BCUT2D eigenvalue weighted by atomic mass is 16.5. The summed E-state index contributed by atoms with van der Waals surface area (Å²) in [5, 5.41) is 3.45. The maximum Gasteiger partial charge on any atom is 0.305 e. The number of ether oxygens (including phenoxy) is 1. The first-order chi connectivity index (χ1) is 18.5. The lowest BCUT2D eigenvalue weighted by molar-refractivity contribution is -0.143. The van der Waals surface area contributed by atoms with Gasteiger partial charge in [-0.1, -0.05) is 61.5 Å². The molecule has 38 heavy (non-hydrogen) atoms. The Morgan fingerprint density at radius 1 is 0.868 bits per heavy atom. The monoisotopic (exact) mass is 508 g/mol. The van der Waals surface area contributed by atoms with Gasteiger partial charge in [0.25, 0.3) is 0 Å². The number of esters is 1. The summed E-state index contributed by atoms with van der Waals surface area (Å²) < 4.78 is 7.12. The first-order valence-electron chi connectivity index (χ1n) is 13.4. The summed E-state index contributed by atoms with van der Waals surface area (Å²) >= 11 is 0. The van der Waals surface area contributed by atoms with Crippen LogP contribution in [0.1, 0.15) is 59.6 Å². The van der Waals surface area contributed by atoms with E-state index < -0.39 is 0 Å². The Labute approximate surface area is 225 Å². The summed E-state index contributed by atoms with van der Waals surface area (Å²) in [5.41, 5.74) is 8.05. The Hall–Kier alpha value is -4.12. The van der Waals surface area contributed by atoms with Crippen LogP contribution in [0.2, 0.25) is 0 Å². The highest BCUT2D eigenvalue weighted by Crippen LogP contribution is 2.23. The minimum Gasteiger partial charge on any atom is -0.466 e. The summed E-state index contributed by atoms with van der Waals surface area (Å²) in [4.78, 5) is 25.1. The van der Waals surface area contributed by atoms with Crippen LogP contribution >= 0.6 is 0 Å². The average Bonchev–Trinajstić information content (AvgIpc) is 3.27. The van der Waals surface area contributed by atoms with Gasteiger partial charge < -0.3 is 14.6 Å². The normalized spacial score (nSPS) is 10.8. The Morgan fingerprint density at radius 3 is 2.21 bits per heavy atom. The zero-order valence-corrected chi connectivity index (χ0v) is 22.5. The summed E-state index contributed by atoms with van der Waals surface area (Å²) in [6, 6.07) is 28.6. The number of anilines is 1. The summed E-state index contributed by atoms with van der Waals surface area (Å²) in [6.45, 7) is 4.98. The number of aromatic nitrogens is 1. The summed E-state index contributed by atoms with van der Waals surface area (Å²) in [7, 11) is 1.99. The molecule has 0 bridgehead atoms. The third-order valence-electron chi connectivity index (χ3n) is 6.86. The standard InChI is InChI=1S/C33H36N2O3/c1-4-31-30(22-29(35(31)3)12-9-13-32(36)38-5-2)33(37)27-18-20-28(21-19-27)34-23-24-14-16-26(17-15-24)25-10-7-6-8-11-25/h6-8,10-11,14-22,34H,4-5,9,12-13,23H2,1-3H3. The second-order valence-corrected chi connectivity index (χ2v) is 9.39. The zero-order valence-electron chi connectivity index (χ0n) is 22.5. The fourth-order valence-corrected chi connectivity index (χ4v) is 4.76. The number of carbonyl (C=O) groups is 2. The van der Waals surface area contributed by atoms with E-state index in [2.05, 4.69) is 53.2 Å². The lowest BCUT2D eigenvalue weighted by Gasteiger charge is -2.09. The molecule has 1 aromatic heterocycles. The maximum atomic E-state index is 13.4. The van der Waals surface area contributed by atoms with Gasteiger partial charge >= 0.3 is 5.97 Å². The van der Waals surface area contributed by atoms with Gasteiger partial charge in [-0.25, -0.2) is 0 Å². The number of nitrogens with one attached hydrogen (secondary N) is 1. The Bertz CT molecular complexity index is 1350. The van der Waals surface area contributed by atoms with Gasteiger partial charge in [-0.15, -0.1) is 0 Å². The minimum atomic E-state index is -0.174. The van der Waals surface area contributed by atoms with Crippen molar-refractivity contribution >= 4 is 17.4 Å². The van der Waals surface area contributed by atoms with Crippen molar-refractivity contribution in [1.82, 2.24) is 4.57 Å². The Morgan fingerprint density at radius 2 is 1.55 bits per heavy atom. The highest BCUT2D eigenvalue weighted by Gasteiger charge is 2.19. The Balaban J connectivity index is 1.37. The van der Waals surface area contributed by atoms with Gasteiger partial charge in [0.2, 0.25) is 0 Å². The fraction of sp³-hybridized carbons (Fsp3) is 0.273. The van der Waals surface area contributed by atoms with Crippen molar-refractivity contribution in [2.45, 2.75) is 46.1 Å². The lowest BCUT2D eigenvalue weighted by atomic mass is 10.0. The minimum absolute atomic E-state index is 0.0251. The molecule has 0 fully saturated rings. The second-order valence-electron chi connectivity index (χ2n) is 9.39. The molecule has 0 radical (unpaired) electrons. The van der Waals surface area contributed by atoms with Crippen molar-refractivity contribution in [2.75, 3.05) is 11.9 Å². The molecule has 0 spiro atoms. The first-order valence-corrected chi connectivity index (χ1v) is 13.4. The second kappa shape index (κ2) is 12.9. The van der Waals surface area contributed by atoms with Crippen LogP contribution in [0.25, 0.3) is 11.1 Å². The molecule has 4 rings (SSSR count). The maximum absolute atomic E-state index is 13.4. The van der Waals surface area contributed by atoms with Gasteiger partial charge in [-0.3, -0.25) is 9.59 Å². The number of aryl methyl sites for hydroxylation is 1. The van der Waals surface area contributed by atoms with E-state index in [4.69, 9.17) is 4.74 Å². The molecule has 0 unspecified atom stereocenters. The van der Waals surface area contributed by atoms with E-state index in [0.717, 1.165) is 35.5 Å². The molecule has 1 N–H and O–H groups in total. The van der Waals surface area contributed by atoms with Crippen molar-refractivity contribution in [3.05, 3.63) is 113 Å². The number of benzene rings is 3. The van der Waals surface area contributed by atoms with Gasteiger partial charge in [-0.05, 0) is 73.2 Å². The topological polar surface area (TPSA) is 60.3 Å². The molecule has 0 saturated heterocycles. The van der Waals surface area contributed by atoms with Crippen molar-refractivity contribution in [1.29, 1.82) is 0 Å². The number of rotatable bonds is 12. The van der Waals surface area contributed by atoms with E-state index in [-0.39, 0.29) is 11.8 Å². The molecule has 3 aromatic carbocycles. The fourth-order valence-electron chi connectivity index (χ4n) is 4.76. The quantitative estimate of drug-likeness (QED) is 0.166. The number of hydrogen-bond acceptors (Lipinski definition) is 4. The number of carbonyl (C=O) groups excluding carboxylic acids is 2. The zero-order chi connectivity index (χ0) is 26.9. The van der Waals surface area contributed by atoms with E-state index >= 15 is 0 Å². The number of hydrogen-bond donors (Lipinski definition) is 1. The highest BCUT2D eigenvalue weighted by molar-refractivity contribution is 6.10. The molecular formula is C33H36N2O3. The van der Waals surface area contributed by atoms with Crippen LogP contribution in [0.15, 0.2) is 84.9 Å². The molecule has 0 atom stereocenters. The number of nitrogens with zero attached hydrogens (tertiary/aromatic N) is 1. The lowest BCUT2D eigenvalue weighted by Crippen LogP contribution is -2.07. The average molecular weight is 509 g/mol. The van der Waals surface area contributed by atoms with Gasteiger partial charge in [0.15, 0.2) is 5.78 Å². The van der Waals surface area contributed by atoms with E-state index in [1.165, 1.54) is 16.7 Å². The van der Waals surface area contributed by atoms with Crippen LogP contribution in [-0.2, 0) is 36.0 Å². The molecular weight excluding hydrogens is 472 g/mol. The molecule has 0 aliphatic rings. The summed E-state index contributed by atoms with van der Waals surface area (Å²) in [5.74, 6) is -0.149. The predicted molar refractivity (Wildman–Crippen MR) is 153 cm³/mol. The van der Waals surface area contributed by atoms with Crippen molar-refractivity contribution in [3.8, 4) is 11.1 Å². The Kier molecular flexibility index (Phi) is 9.15. The predicted octanol–water partition coefficient (Wildman–Crippen LogP) is 6.98. The van der Waals surface area contributed by atoms with Crippen LogP contribution in [0.4, 0.5) is 5.69 Å². The van der Waals surface area contributed by atoms with Gasteiger partial charge in [0.1, 0.15) is 0 Å². The van der Waals surface area contributed by atoms with Gasteiger partial charge in [0.05, 0.1) is 6.61 Å². The van der Waals surface area contributed by atoms with Crippen LogP contribution < -0.4 is 5.32 Å². The summed E-state index contributed by atoms with van der Waals surface area (Å²) in [6.07, 6.45) is 2.57. The van der Waals surface area contributed by atoms with Gasteiger partial charge in [-0.2, -0.15) is 0 Å². The first kappa shape index (κ1) is 26.9. The smallest absolute Gasteiger partial charge is 0.305 e.